The zero-order chi connectivity index (χ0) is 16.1. The molecule has 1 aromatic heterocycles. The van der Waals surface area contributed by atoms with Crippen molar-refractivity contribution in [3.05, 3.63) is 47.3 Å². The Morgan fingerprint density at radius 3 is 2.50 bits per heavy atom. The Morgan fingerprint density at radius 1 is 1.27 bits per heavy atom. The van der Waals surface area contributed by atoms with Gasteiger partial charge in [-0.3, -0.25) is 9.59 Å². The number of rotatable bonds is 6. The summed E-state index contributed by atoms with van der Waals surface area (Å²) < 4.78 is 10.4. The highest BCUT2D eigenvalue weighted by atomic mass is 16.5. The van der Waals surface area contributed by atoms with E-state index in [1.165, 1.54) is 11.8 Å². The Hall–Kier alpha value is -2.63. The van der Waals surface area contributed by atoms with Crippen LogP contribution < -0.4 is 4.74 Å². The number of hydrogen-bond acceptors (Lipinski definition) is 5. The molecule has 0 aliphatic carbocycles. The van der Waals surface area contributed by atoms with Crippen LogP contribution in [0.2, 0.25) is 0 Å². The molecule has 0 saturated heterocycles. The van der Waals surface area contributed by atoms with E-state index < -0.39 is 0 Å². The van der Waals surface area contributed by atoms with Crippen molar-refractivity contribution in [1.29, 1.82) is 0 Å². The Kier molecular flexibility index (Phi) is 4.93. The molecule has 0 spiro atoms. The van der Waals surface area contributed by atoms with Crippen LogP contribution in [0.5, 0.6) is 5.75 Å². The van der Waals surface area contributed by atoms with Crippen molar-refractivity contribution in [1.82, 2.24) is 10.1 Å². The van der Waals surface area contributed by atoms with Gasteiger partial charge in [-0.2, -0.15) is 0 Å². The molecular formula is C16H18N2O4. The number of carbonyl (C=O) groups excluding carboxylic acids is 2. The highest BCUT2D eigenvalue weighted by Crippen LogP contribution is 2.13. The monoisotopic (exact) mass is 302 g/mol. The van der Waals surface area contributed by atoms with Gasteiger partial charge in [0.15, 0.2) is 12.4 Å². The van der Waals surface area contributed by atoms with Crippen LogP contribution in [-0.2, 0) is 11.3 Å². The molecule has 0 atom stereocenters. The van der Waals surface area contributed by atoms with E-state index in [4.69, 9.17) is 9.26 Å². The molecule has 0 aliphatic heterocycles. The number of carbonyl (C=O) groups is 2. The molecule has 1 aromatic carbocycles. The lowest BCUT2D eigenvalue weighted by Gasteiger charge is -2.16. The highest BCUT2D eigenvalue weighted by molar-refractivity contribution is 5.94. The van der Waals surface area contributed by atoms with Crippen molar-refractivity contribution in [2.75, 3.05) is 13.7 Å². The molecule has 6 heteroatoms. The zero-order valence-electron chi connectivity index (χ0n) is 12.8. The van der Waals surface area contributed by atoms with Gasteiger partial charge in [-0.15, -0.1) is 0 Å². The van der Waals surface area contributed by atoms with Crippen LogP contribution in [0.25, 0.3) is 0 Å². The van der Waals surface area contributed by atoms with E-state index in [1.54, 1.807) is 44.3 Å². The standard InChI is InChI=1S/C16H18N2O4/c1-11-8-14(17-22-11)9-18(3)16(20)10-21-15-6-4-13(5-7-15)12(2)19/h4-8H,9-10H2,1-3H3. The van der Waals surface area contributed by atoms with Crippen LogP contribution in [-0.4, -0.2) is 35.4 Å². The summed E-state index contributed by atoms with van der Waals surface area (Å²) >= 11 is 0. The number of ketones is 1. The van der Waals surface area contributed by atoms with Gasteiger partial charge in [-0.05, 0) is 38.1 Å². The number of ether oxygens (including phenoxy) is 1. The van der Waals surface area contributed by atoms with Crippen LogP contribution in [0, 0.1) is 6.92 Å². The first-order valence-electron chi connectivity index (χ1n) is 6.85. The fraction of sp³-hybridized carbons (Fsp3) is 0.312. The number of nitrogens with zero attached hydrogens (tertiary/aromatic N) is 2. The average molecular weight is 302 g/mol. The van der Waals surface area contributed by atoms with E-state index >= 15 is 0 Å². The first-order chi connectivity index (χ1) is 10.5. The molecule has 116 valence electrons. The van der Waals surface area contributed by atoms with E-state index in [0.29, 0.717) is 29.3 Å². The van der Waals surface area contributed by atoms with E-state index in [1.807, 2.05) is 0 Å². The van der Waals surface area contributed by atoms with E-state index in [-0.39, 0.29) is 18.3 Å². The van der Waals surface area contributed by atoms with Gasteiger partial charge in [0.2, 0.25) is 0 Å². The van der Waals surface area contributed by atoms with Gasteiger partial charge in [0, 0.05) is 18.7 Å². The van der Waals surface area contributed by atoms with E-state index in [2.05, 4.69) is 5.16 Å². The summed E-state index contributed by atoms with van der Waals surface area (Å²) in [6.45, 7) is 3.58. The Labute approximate surface area is 128 Å². The van der Waals surface area contributed by atoms with Crippen LogP contribution >= 0.6 is 0 Å². The van der Waals surface area contributed by atoms with Crippen molar-refractivity contribution < 1.29 is 18.8 Å². The summed E-state index contributed by atoms with van der Waals surface area (Å²) in [5.41, 5.74) is 1.30. The normalized spacial score (nSPS) is 10.3. The Bertz CT molecular complexity index is 661. The lowest BCUT2D eigenvalue weighted by molar-refractivity contribution is -0.132. The summed E-state index contributed by atoms with van der Waals surface area (Å²) in [6, 6.07) is 8.47. The summed E-state index contributed by atoms with van der Waals surface area (Å²) in [5.74, 6) is 1.07. The number of amides is 1. The SMILES string of the molecule is CC(=O)c1ccc(OCC(=O)N(C)Cc2cc(C)on2)cc1. The lowest BCUT2D eigenvalue weighted by atomic mass is 10.1. The van der Waals surface area contributed by atoms with Crippen molar-refractivity contribution in [3.63, 3.8) is 0 Å². The largest absolute Gasteiger partial charge is 0.484 e. The lowest BCUT2D eigenvalue weighted by Crippen LogP contribution is -2.31. The third-order valence-corrected chi connectivity index (χ3v) is 3.12. The summed E-state index contributed by atoms with van der Waals surface area (Å²) in [5, 5.41) is 3.84. The maximum absolute atomic E-state index is 12.0. The highest BCUT2D eigenvalue weighted by Gasteiger charge is 2.12. The van der Waals surface area contributed by atoms with Crippen molar-refractivity contribution >= 4 is 11.7 Å². The second kappa shape index (κ2) is 6.89. The molecule has 22 heavy (non-hydrogen) atoms. The van der Waals surface area contributed by atoms with Crippen LogP contribution in [0.15, 0.2) is 34.9 Å². The van der Waals surface area contributed by atoms with Gasteiger partial charge in [-0.1, -0.05) is 5.16 Å². The fourth-order valence-electron chi connectivity index (χ4n) is 1.86. The number of hydrogen-bond donors (Lipinski definition) is 0. The van der Waals surface area contributed by atoms with Gasteiger partial charge < -0.3 is 14.2 Å². The predicted molar refractivity (Wildman–Crippen MR) is 79.7 cm³/mol. The van der Waals surface area contributed by atoms with Crippen LogP contribution in [0.4, 0.5) is 0 Å². The molecule has 2 rings (SSSR count). The minimum absolute atomic E-state index is 0.00901. The molecule has 1 heterocycles. The molecule has 0 aliphatic rings. The number of Topliss-reactive ketones (excluding diaryl/α,β-unsaturated/α-hetero) is 1. The quantitative estimate of drug-likeness (QED) is 0.765. The van der Waals surface area contributed by atoms with Crippen LogP contribution in [0.1, 0.15) is 28.7 Å². The average Bonchev–Trinajstić information content (AvgIpc) is 2.90. The van der Waals surface area contributed by atoms with E-state index in [0.717, 1.165) is 0 Å². The first kappa shape index (κ1) is 15.8. The van der Waals surface area contributed by atoms with Gasteiger partial charge in [0.05, 0.1) is 6.54 Å². The van der Waals surface area contributed by atoms with Crippen molar-refractivity contribution in [2.24, 2.45) is 0 Å². The van der Waals surface area contributed by atoms with Gasteiger partial charge in [0.25, 0.3) is 5.91 Å². The second-order valence-electron chi connectivity index (χ2n) is 5.05. The molecule has 6 nitrogen and oxygen atoms in total. The topological polar surface area (TPSA) is 72.6 Å². The zero-order valence-corrected chi connectivity index (χ0v) is 12.8. The number of benzene rings is 1. The molecule has 1 amide bonds. The molecule has 2 aromatic rings. The summed E-state index contributed by atoms with van der Waals surface area (Å²) in [7, 11) is 1.68. The van der Waals surface area contributed by atoms with Gasteiger partial charge >= 0.3 is 0 Å². The smallest absolute Gasteiger partial charge is 0.260 e. The van der Waals surface area contributed by atoms with Crippen LogP contribution in [0.3, 0.4) is 0 Å². The van der Waals surface area contributed by atoms with Gasteiger partial charge in [0.1, 0.15) is 17.2 Å². The third kappa shape index (κ3) is 4.18. The first-order valence-corrected chi connectivity index (χ1v) is 6.85. The van der Waals surface area contributed by atoms with Crippen molar-refractivity contribution in [2.45, 2.75) is 20.4 Å². The molecule has 0 fully saturated rings. The summed E-state index contributed by atoms with van der Waals surface area (Å²) in [6.07, 6.45) is 0. The third-order valence-electron chi connectivity index (χ3n) is 3.12. The maximum atomic E-state index is 12.0. The summed E-state index contributed by atoms with van der Waals surface area (Å²) in [4.78, 5) is 24.7. The number of aromatic nitrogens is 1. The van der Waals surface area contributed by atoms with Gasteiger partial charge in [-0.25, -0.2) is 0 Å². The molecule has 0 N–H and O–H groups in total. The Balaban J connectivity index is 1.85. The second-order valence-corrected chi connectivity index (χ2v) is 5.05. The minimum atomic E-state index is -0.170. The van der Waals surface area contributed by atoms with E-state index in [9.17, 15) is 9.59 Å². The maximum Gasteiger partial charge on any atom is 0.260 e. The Morgan fingerprint density at radius 2 is 1.95 bits per heavy atom. The molecule has 0 bridgehead atoms. The van der Waals surface area contributed by atoms with Crippen molar-refractivity contribution in [3.8, 4) is 5.75 Å². The number of aryl methyl sites for hydroxylation is 1. The molecule has 0 unspecified atom stereocenters. The minimum Gasteiger partial charge on any atom is -0.484 e. The molecule has 0 radical (unpaired) electrons. The number of likely N-dealkylation sites (N-methyl/N-ethyl adjacent to an activating group) is 1. The molecule has 0 saturated carbocycles. The molecular weight excluding hydrogens is 284 g/mol. The predicted octanol–water partition coefficient (Wildman–Crippen LogP) is 2.22. The fourth-order valence-corrected chi connectivity index (χ4v) is 1.86.